The van der Waals surface area contributed by atoms with Crippen molar-refractivity contribution in [2.24, 2.45) is 5.92 Å². The van der Waals surface area contributed by atoms with E-state index in [1.165, 1.54) is 38.1 Å². The highest BCUT2D eigenvalue weighted by molar-refractivity contribution is 7.98. The summed E-state index contributed by atoms with van der Waals surface area (Å²) in [5, 5.41) is 3.48. The lowest BCUT2D eigenvalue weighted by atomic mass is 10.1. The van der Waals surface area contributed by atoms with Crippen LogP contribution in [0.1, 0.15) is 19.3 Å². The number of rotatable bonds is 7. The lowest BCUT2D eigenvalue weighted by molar-refractivity contribution is 0.184. The summed E-state index contributed by atoms with van der Waals surface area (Å²) in [4.78, 5) is 0. The van der Waals surface area contributed by atoms with Gasteiger partial charge in [0.1, 0.15) is 0 Å². The van der Waals surface area contributed by atoms with Crippen molar-refractivity contribution in [1.29, 1.82) is 0 Å². The van der Waals surface area contributed by atoms with E-state index in [0.717, 1.165) is 19.1 Å². The maximum absolute atomic E-state index is 5.32. The molecule has 1 rings (SSSR count). The van der Waals surface area contributed by atoms with Crippen LogP contribution in [0.25, 0.3) is 0 Å². The van der Waals surface area contributed by atoms with Gasteiger partial charge >= 0.3 is 0 Å². The lowest BCUT2D eigenvalue weighted by Gasteiger charge is -2.07. The number of thioether (sulfide) groups is 1. The third-order valence-electron chi connectivity index (χ3n) is 2.46. The van der Waals surface area contributed by atoms with Crippen molar-refractivity contribution in [3.63, 3.8) is 0 Å². The molecule has 0 saturated carbocycles. The molecule has 0 aromatic carbocycles. The van der Waals surface area contributed by atoms with Gasteiger partial charge in [-0.1, -0.05) is 0 Å². The molecule has 3 heteroatoms. The summed E-state index contributed by atoms with van der Waals surface area (Å²) in [6.07, 6.45) is 6.02. The molecule has 1 fully saturated rings. The minimum atomic E-state index is 0.827. The lowest BCUT2D eigenvalue weighted by Crippen LogP contribution is -2.19. The number of hydrogen-bond acceptors (Lipinski definition) is 3. The highest BCUT2D eigenvalue weighted by atomic mass is 32.2. The van der Waals surface area contributed by atoms with Crippen LogP contribution in [0.4, 0.5) is 0 Å². The Morgan fingerprint density at radius 1 is 1.46 bits per heavy atom. The first-order chi connectivity index (χ1) is 6.43. The third-order valence-corrected chi connectivity index (χ3v) is 3.15. The van der Waals surface area contributed by atoms with Gasteiger partial charge in [0.05, 0.1) is 0 Å². The Balaban J connectivity index is 1.78. The van der Waals surface area contributed by atoms with Crippen LogP contribution < -0.4 is 5.32 Å². The minimum Gasteiger partial charge on any atom is -0.381 e. The average Bonchev–Trinajstić information content (AvgIpc) is 2.63. The van der Waals surface area contributed by atoms with E-state index >= 15 is 0 Å². The molecule has 78 valence electrons. The molecule has 0 spiro atoms. The van der Waals surface area contributed by atoms with E-state index in [2.05, 4.69) is 11.6 Å². The maximum Gasteiger partial charge on any atom is 0.0495 e. The largest absolute Gasteiger partial charge is 0.381 e. The summed E-state index contributed by atoms with van der Waals surface area (Å²) >= 11 is 1.92. The molecule has 0 radical (unpaired) electrons. The van der Waals surface area contributed by atoms with Gasteiger partial charge in [0.15, 0.2) is 0 Å². The average molecular weight is 203 g/mol. The van der Waals surface area contributed by atoms with E-state index < -0.39 is 0 Å². The maximum atomic E-state index is 5.32. The Morgan fingerprint density at radius 2 is 2.38 bits per heavy atom. The summed E-state index contributed by atoms with van der Waals surface area (Å²) in [6.45, 7) is 4.32. The van der Waals surface area contributed by atoms with Crippen molar-refractivity contribution in [2.45, 2.75) is 19.3 Å². The molecule has 1 unspecified atom stereocenters. The molecule has 1 atom stereocenters. The fourth-order valence-electron chi connectivity index (χ4n) is 1.58. The summed E-state index contributed by atoms with van der Waals surface area (Å²) in [5.41, 5.74) is 0. The van der Waals surface area contributed by atoms with Crippen LogP contribution in [0, 0.1) is 5.92 Å². The number of hydrogen-bond donors (Lipinski definition) is 1. The van der Waals surface area contributed by atoms with Crippen molar-refractivity contribution < 1.29 is 4.74 Å². The molecular formula is C10H21NOS. The zero-order valence-electron chi connectivity index (χ0n) is 8.55. The fourth-order valence-corrected chi connectivity index (χ4v) is 2.02. The van der Waals surface area contributed by atoms with E-state index in [0.29, 0.717) is 0 Å². The van der Waals surface area contributed by atoms with Crippen LogP contribution in [-0.2, 0) is 4.74 Å². The van der Waals surface area contributed by atoms with Crippen LogP contribution >= 0.6 is 11.8 Å². The third kappa shape index (κ3) is 5.55. The molecule has 0 amide bonds. The van der Waals surface area contributed by atoms with Crippen LogP contribution in [0.2, 0.25) is 0 Å². The van der Waals surface area contributed by atoms with Gasteiger partial charge in [-0.05, 0) is 50.3 Å². The van der Waals surface area contributed by atoms with Gasteiger partial charge in [0, 0.05) is 13.2 Å². The van der Waals surface area contributed by atoms with Gasteiger partial charge in [0.2, 0.25) is 0 Å². The van der Waals surface area contributed by atoms with Gasteiger partial charge in [-0.3, -0.25) is 0 Å². The molecule has 0 aromatic heterocycles. The van der Waals surface area contributed by atoms with Crippen LogP contribution in [-0.4, -0.2) is 38.3 Å². The quantitative estimate of drug-likeness (QED) is 0.637. The molecule has 13 heavy (non-hydrogen) atoms. The van der Waals surface area contributed by atoms with Crippen LogP contribution in [0.15, 0.2) is 0 Å². The minimum absolute atomic E-state index is 0.827. The molecule has 0 bridgehead atoms. The predicted octanol–water partition coefficient (Wildman–Crippen LogP) is 1.76. The van der Waals surface area contributed by atoms with Gasteiger partial charge < -0.3 is 10.1 Å². The van der Waals surface area contributed by atoms with E-state index in [1.54, 1.807) is 0 Å². The molecular weight excluding hydrogens is 182 g/mol. The van der Waals surface area contributed by atoms with E-state index in [-0.39, 0.29) is 0 Å². The summed E-state index contributed by atoms with van der Waals surface area (Å²) in [7, 11) is 0. The van der Waals surface area contributed by atoms with E-state index in [9.17, 15) is 0 Å². The Kier molecular flexibility index (Phi) is 6.68. The Morgan fingerprint density at radius 3 is 3.08 bits per heavy atom. The molecule has 1 saturated heterocycles. The molecule has 0 aliphatic carbocycles. The number of nitrogens with one attached hydrogen (secondary N) is 1. The standard InChI is InChI=1S/C10H21NOS/c1-13-8-2-5-11-6-3-10-4-7-12-9-10/h10-11H,2-9H2,1H3. The SMILES string of the molecule is CSCCCNCCC1CCOC1. The van der Waals surface area contributed by atoms with Gasteiger partial charge in [-0.15, -0.1) is 0 Å². The topological polar surface area (TPSA) is 21.3 Å². The first-order valence-corrected chi connectivity index (χ1v) is 6.60. The van der Waals surface area contributed by atoms with Crippen molar-refractivity contribution >= 4 is 11.8 Å². The van der Waals surface area contributed by atoms with Gasteiger partial charge in [0.25, 0.3) is 0 Å². The second kappa shape index (κ2) is 7.65. The summed E-state index contributed by atoms with van der Waals surface area (Å²) < 4.78 is 5.32. The van der Waals surface area contributed by atoms with Crippen LogP contribution in [0.5, 0.6) is 0 Å². The number of ether oxygens (including phenoxy) is 1. The second-order valence-corrected chi connectivity index (χ2v) is 4.60. The zero-order valence-corrected chi connectivity index (χ0v) is 9.37. The van der Waals surface area contributed by atoms with Gasteiger partial charge in [-0.25, -0.2) is 0 Å². The molecule has 2 nitrogen and oxygen atoms in total. The van der Waals surface area contributed by atoms with Crippen LogP contribution in [0.3, 0.4) is 0 Å². The van der Waals surface area contributed by atoms with Crippen molar-refractivity contribution in [1.82, 2.24) is 5.32 Å². The molecule has 1 N–H and O–H groups in total. The first-order valence-electron chi connectivity index (χ1n) is 5.21. The summed E-state index contributed by atoms with van der Waals surface area (Å²) in [5.74, 6) is 2.10. The Bertz CT molecular complexity index is 115. The molecule has 1 aliphatic heterocycles. The Hall–Kier alpha value is 0.270. The highest BCUT2D eigenvalue weighted by Crippen LogP contribution is 2.14. The van der Waals surface area contributed by atoms with Crippen molar-refractivity contribution in [2.75, 3.05) is 38.3 Å². The predicted molar refractivity (Wildman–Crippen MR) is 59.4 cm³/mol. The van der Waals surface area contributed by atoms with E-state index in [4.69, 9.17) is 4.74 Å². The Labute approximate surface area is 85.8 Å². The molecule has 1 aliphatic rings. The fraction of sp³-hybridized carbons (Fsp3) is 1.00. The molecule has 0 aromatic rings. The highest BCUT2D eigenvalue weighted by Gasteiger charge is 2.14. The van der Waals surface area contributed by atoms with Crippen molar-refractivity contribution in [3.05, 3.63) is 0 Å². The zero-order chi connectivity index (χ0) is 9.36. The monoisotopic (exact) mass is 203 g/mol. The smallest absolute Gasteiger partial charge is 0.0495 e. The van der Waals surface area contributed by atoms with E-state index in [1.807, 2.05) is 11.8 Å². The first kappa shape index (κ1) is 11.3. The molecule has 1 heterocycles. The van der Waals surface area contributed by atoms with Gasteiger partial charge in [-0.2, -0.15) is 11.8 Å². The second-order valence-electron chi connectivity index (χ2n) is 3.61. The summed E-state index contributed by atoms with van der Waals surface area (Å²) in [6, 6.07) is 0. The normalized spacial score (nSPS) is 22.4. The van der Waals surface area contributed by atoms with Crippen molar-refractivity contribution in [3.8, 4) is 0 Å².